The van der Waals surface area contributed by atoms with Crippen LogP contribution in [0.1, 0.15) is 10.5 Å². The molecular formula is C17H12ClFN4O. The van der Waals surface area contributed by atoms with Crippen LogP contribution in [0.25, 0.3) is 0 Å². The Morgan fingerprint density at radius 1 is 0.958 bits per heavy atom. The van der Waals surface area contributed by atoms with Crippen LogP contribution >= 0.6 is 11.6 Å². The molecule has 1 heterocycles. The van der Waals surface area contributed by atoms with Gasteiger partial charge in [-0.3, -0.25) is 4.79 Å². The van der Waals surface area contributed by atoms with Gasteiger partial charge in [0, 0.05) is 0 Å². The van der Waals surface area contributed by atoms with Crippen LogP contribution in [0.3, 0.4) is 0 Å². The van der Waals surface area contributed by atoms with E-state index in [2.05, 4.69) is 20.6 Å². The van der Waals surface area contributed by atoms with Crippen molar-refractivity contribution in [3.8, 4) is 0 Å². The number of rotatable bonds is 4. The van der Waals surface area contributed by atoms with E-state index >= 15 is 0 Å². The van der Waals surface area contributed by atoms with Crippen LogP contribution in [0.4, 0.5) is 21.6 Å². The molecule has 0 saturated heterocycles. The number of nitrogens with zero attached hydrogens (tertiary/aromatic N) is 2. The first-order valence-corrected chi connectivity index (χ1v) is 7.41. The highest BCUT2D eigenvalue weighted by molar-refractivity contribution is 6.33. The van der Waals surface area contributed by atoms with Crippen molar-refractivity contribution in [1.82, 2.24) is 9.97 Å². The standard InChI is InChI=1S/C17H12ClFN4O/c18-11-5-1-3-7-13(11)22-16-10-20-15(9-21-16)17(24)23-14-8-4-2-6-12(14)19/h1-10H,(H,21,22)(H,23,24). The number of hydrogen-bond acceptors (Lipinski definition) is 4. The Kier molecular flexibility index (Phi) is 4.67. The minimum Gasteiger partial charge on any atom is -0.338 e. The first kappa shape index (κ1) is 15.9. The maximum absolute atomic E-state index is 13.5. The molecule has 1 amide bonds. The quantitative estimate of drug-likeness (QED) is 0.743. The lowest BCUT2D eigenvalue weighted by Crippen LogP contribution is -2.15. The second-order valence-electron chi connectivity index (χ2n) is 4.83. The third kappa shape index (κ3) is 3.67. The summed E-state index contributed by atoms with van der Waals surface area (Å²) < 4.78 is 13.5. The fourth-order valence-electron chi connectivity index (χ4n) is 1.96. The molecule has 1 aromatic heterocycles. The number of anilines is 3. The van der Waals surface area contributed by atoms with Crippen LogP contribution in [0.5, 0.6) is 0 Å². The van der Waals surface area contributed by atoms with Crippen molar-refractivity contribution in [3.63, 3.8) is 0 Å². The summed E-state index contributed by atoms with van der Waals surface area (Å²) in [6.07, 6.45) is 2.70. The van der Waals surface area contributed by atoms with E-state index < -0.39 is 11.7 Å². The number of benzene rings is 2. The molecule has 120 valence electrons. The second-order valence-corrected chi connectivity index (χ2v) is 5.23. The van der Waals surface area contributed by atoms with Crippen LogP contribution in [-0.2, 0) is 0 Å². The van der Waals surface area contributed by atoms with E-state index in [-0.39, 0.29) is 11.4 Å². The smallest absolute Gasteiger partial charge is 0.275 e. The summed E-state index contributed by atoms with van der Waals surface area (Å²) >= 11 is 6.05. The molecule has 5 nitrogen and oxygen atoms in total. The highest BCUT2D eigenvalue weighted by Gasteiger charge is 2.11. The molecule has 0 fully saturated rings. The van der Waals surface area contributed by atoms with Gasteiger partial charge in [-0.2, -0.15) is 0 Å². The van der Waals surface area contributed by atoms with Gasteiger partial charge in [-0.15, -0.1) is 0 Å². The molecule has 2 aromatic carbocycles. The number of amides is 1. The summed E-state index contributed by atoms with van der Waals surface area (Å²) in [5.41, 5.74) is 0.836. The predicted octanol–water partition coefficient (Wildman–Crippen LogP) is 4.27. The molecule has 0 atom stereocenters. The first-order valence-electron chi connectivity index (χ1n) is 7.03. The fourth-order valence-corrected chi connectivity index (χ4v) is 2.14. The van der Waals surface area contributed by atoms with Gasteiger partial charge >= 0.3 is 0 Å². The molecule has 0 radical (unpaired) electrons. The van der Waals surface area contributed by atoms with E-state index in [1.807, 2.05) is 12.1 Å². The van der Waals surface area contributed by atoms with Gasteiger partial charge in [-0.05, 0) is 24.3 Å². The van der Waals surface area contributed by atoms with Gasteiger partial charge in [-0.25, -0.2) is 14.4 Å². The van der Waals surface area contributed by atoms with Crippen molar-refractivity contribution < 1.29 is 9.18 Å². The van der Waals surface area contributed by atoms with E-state index in [0.717, 1.165) is 0 Å². The van der Waals surface area contributed by atoms with Crippen molar-refractivity contribution in [2.45, 2.75) is 0 Å². The van der Waals surface area contributed by atoms with Crippen LogP contribution in [-0.4, -0.2) is 15.9 Å². The van der Waals surface area contributed by atoms with Crippen molar-refractivity contribution in [1.29, 1.82) is 0 Å². The monoisotopic (exact) mass is 342 g/mol. The zero-order valence-electron chi connectivity index (χ0n) is 12.3. The average Bonchev–Trinajstić information content (AvgIpc) is 2.59. The van der Waals surface area contributed by atoms with E-state index in [9.17, 15) is 9.18 Å². The molecule has 0 aliphatic rings. The van der Waals surface area contributed by atoms with Crippen molar-refractivity contribution in [3.05, 3.63) is 77.5 Å². The van der Waals surface area contributed by atoms with Gasteiger partial charge in [0.25, 0.3) is 5.91 Å². The predicted molar refractivity (Wildman–Crippen MR) is 91.1 cm³/mol. The molecule has 0 unspecified atom stereocenters. The number of para-hydroxylation sites is 2. The number of carbonyl (C=O) groups excluding carboxylic acids is 1. The number of aromatic nitrogens is 2. The molecule has 3 aromatic rings. The molecule has 0 aliphatic heterocycles. The summed E-state index contributed by atoms with van der Waals surface area (Å²) in [5, 5.41) is 5.99. The van der Waals surface area contributed by atoms with Crippen molar-refractivity contribution >= 4 is 34.7 Å². The van der Waals surface area contributed by atoms with Crippen molar-refractivity contribution in [2.75, 3.05) is 10.6 Å². The maximum atomic E-state index is 13.5. The fraction of sp³-hybridized carbons (Fsp3) is 0. The molecule has 2 N–H and O–H groups in total. The van der Waals surface area contributed by atoms with E-state index in [4.69, 9.17) is 11.6 Å². The Hall–Kier alpha value is -2.99. The maximum Gasteiger partial charge on any atom is 0.275 e. The van der Waals surface area contributed by atoms with E-state index in [1.165, 1.54) is 24.5 Å². The highest BCUT2D eigenvalue weighted by Crippen LogP contribution is 2.23. The molecule has 0 aliphatic carbocycles. The Morgan fingerprint density at radius 3 is 2.33 bits per heavy atom. The average molecular weight is 343 g/mol. The minimum atomic E-state index is -0.545. The zero-order valence-corrected chi connectivity index (χ0v) is 13.1. The van der Waals surface area contributed by atoms with Crippen LogP contribution in [0, 0.1) is 5.82 Å². The molecular weight excluding hydrogens is 331 g/mol. The molecule has 0 bridgehead atoms. The SMILES string of the molecule is O=C(Nc1ccccc1F)c1cnc(Nc2ccccc2Cl)cn1. The third-order valence-corrected chi connectivity index (χ3v) is 3.47. The lowest BCUT2D eigenvalue weighted by atomic mass is 10.3. The number of halogens is 2. The number of nitrogens with one attached hydrogen (secondary N) is 2. The lowest BCUT2D eigenvalue weighted by Gasteiger charge is -2.08. The van der Waals surface area contributed by atoms with E-state index in [1.54, 1.807) is 24.3 Å². The van der Waals surface area contributed by atoms with Gasteiger partial charge in [0.15, 0.2) is 0 Å². The summed E-state index contributed by atoms with van der Waals surface area (Å²) in [6, 6.07) is 13.1. The largest absolute Gasteiger partial charge is 0.338 e. The molecule has 24 heavy (non-hydrogen) atoms. The zero-order chi connectivity index (χ0) is 16.9. The van der Waals surface area contributed by atoms with Gasteiger partial charge in [0.2, 0.25) is 0 Å². The normalized spacial score (nSPS) is 10.2. The molecule has 3 rings (SSSR count). The molecule has 0 saturated carbocycles. The Morgan fingerprint density at radius 2 is 1.67 bits per heavy atom. The molecule has 0 spiro atoms. The highest BCUT2D eigenvalue weighted by atomic mass is 35.5. The van der Waals surface area contributed by atoms with Gasteiger partial charge in [-0.1, -0.05) is 35.9 Å². The van der Waals surface area contributed by atoms with Gasteiger partial charge in [0.1, 0.15) is 17.3 Å². The number of hydrogen-bond donors (Lipinski definition) is 2. The third-order valence-electron chi connectivity index (χ3n) is 3.14. The Labute approximate surface area is 142 Å². The van der Waals surface area contributed by atoms with Crippen molar-refractivity contribution in [2.24, 2.45) is 0 Å². The minimum absolute atomic E-state index is 0.0722. The number of carbonyl (C=O) groups is 1. The van der Waals surface area contributed by atoms with Crippen LogP contribution in [0.15, 0.2) is 60.9 Å². The first-order chi connectivity index (χ1) is 11.6. The van der Waals surface area contributed by atoms with Gasteiger partial charge in [0.05, 0.1) is 28.8 Å². The lowest BCUT2D eigenvalue weighted by molar-refractivity contribution is 0.102. The summed E-state index contributed by atoms with van der Waals surface area (Å²) in [6.45, 7) is 0. The Balaban J connectivity index is 1.71. The van der Waals surface area contributed by atoms with Crippen LogP contribution in [0.2, 0.25) is 5.02 Å². The van der Waals surface area contributed by atoms with Gasteiger partial charge < -0.3 is 10.6 Å². The Bertz CT molecular complexity index is 870. The summed E-state index contributed by atoms with van der Waals surface area (Å²) in [5.74, 6) is -0.627. The van der Waals surface area contributed by atoms with E-state index in [0.29, 0.717) is 16.5 Å². The summed E-state index contributed by atoms with van der Waals surface area (Å²) in [7, 11) is 0. The molecule has 7 heteroatoms. The van der Waals surface area contributed by atoms with Crippen LogP contribution < -0.4 is 10.6 Å². The second kappa shape index (κ2) is 7.06. The topological polar surface area (TPSA) is 66.9 Å². The summed E-state index contributed by atoms with van der Waals surface area (Å²) in [4.78, 5) is 20.2.